The quantitative estimate of drug-likeness (QED) is 0.336. The first-order chi connectivity index (χ1) is 10.4. The van der Waals surface area contributed by atoms with Crippen molar-refractivity contribution in [2.75, 3.05) is 7.05 Å². The Morgan fingerprint density at radius 1 is 1.32 bits per heavy atom. The summed E-state index contributed by atoms with van der Waals surface area (Å²) in [5.74, 6) is 0.448. The number of hydrogen-bond acceptors (Lipinski definition) is 4. The van der Waals surface area contributed by atoms with Crippen molar-refractivity contribution in [3.8, 4) is 0 Å². The maximum absolute atomic E-state index is 11.3. The van der Waals surface area contributed by atoms with Gasteiger partial charge in [-0.1, -0.05) is 30.3 Å². The Morgan fingerprint density at radius 2 is 1.95 bits per heavy atom. The van der Waals surface area contributed by atoms with Gasteiger partial charge in [0.1, 0.15) is 24.2 Å². The van der Waals surface area contributed by atoms with Crippen LogP contribution in [0.2, 0.25) is 0 Å². The third-order valence-electron chi connectivity index (χ3n) is 2.59. The molecule has 6 nitrogen and oxygen atoms in total. The van der Waals surface area contributed by atoms with E-state index >= 15 is 0 Å². The number of aliphatic imine (C=N–C) groups is 1. The first-order valence-electron chi connectivity index (χ1n) is 6.93. The van der Waals surface area contributed by atoms with E-state index in [1.807, 2.05) is 51.1 Å². The second-order valence-corrected chi connectivity index (χ2v) is 5.57. The summed E-state index contributed by atoms with van der Waals surface area (Å²) in [6.45, 7) is 5.56. The predicted molar refractivity (Wildman–Crippen MR) is 86.4 cm³/mol. The number of benzene rings is 1. The van der Waals surface area contributed by atoms with Gasteiger partial charge in [0.05, 0.1) is 0 Å². The van der Waals surface area contributed by atoms with E-state index in [1.54, 1.807) is 7.05 Å². The number of aliphatic hydroxyl groups excluding tert-OH is 1. The lowest BCUT2D eigenvalue weighted by molar-refractivity contribution is -0.109. The van der Waals surface area contributed by atoms with Gasteiger partial charge in [-0.05, 0) is 26.3 Å². The van der Waals surface area contributed by atoms with Crippen LogP contribution < -0.4 is 10.6 Å². The molecule has 1 aromatic carbocycles. The molecular formula is C16H23N3O3. The highest BCUT2D eigenvalue weighted by molar-refractivity contribution is 5.84. The van der Waals surface area contributed by atoms with Crippen LogP contribution in [0, 0.1) is 0 Å². The van der Waals surface area contributed by atoms with E-state index in [0.29, 0.717) is 5.96 Å². The standard InChI is InChI=1S/C16H23N3O3/c1-16(2,3)22-14(11-21)19-15(17-4)18-13(10-20)12-8-6-5-7-9-12/h5-11,13,21H,1-4H3,(H2,17,18,19). The smallest absolute Gasteiger partial charge is 0.229 e. The molecule has 3 N–H and O–H groups in total. The molecule has 1 aromatic rings. The van der Waals surface area contributed by atoms with Gasteiger partial charge in [0.15, 0.2) is 5.96 Å². The fourth-order valence-corrected chi connectivity index (χ4v) is 1.69. The number of ether oxygens (including phenoxy) is 1. The van der Waals surface area contributed by atoms with E-state index in [1.165, 1.54) is 0 Å². The average Bonchev–Trinajstić information content (AvgIpc) is 2.49. The predicted octanol–water partition coefficient (Wildman–Crippen LogP) is 2.26. The number of aldehydes is 1. The van der Waals surface area contributed by atoms with Gasteiger partial charge in [-0.15, -0.1) is 0 Å². The number of hydrogen-bond donors (Lipinski definition) is 3. The highest BCUT2D eigenvalue weighted by atomic mass is 16.5. The molecule has 0 spiro atoms. The van der Waals surface area contributed by atoms with Crippen molar-refractivity contribution in [1.29, 1.82) is 0 Å². The Hall–Kier alpha value is -2.50. The third kappa shape index (κ3) is 5.87. The van der Waals surface area contributed by atoms with Gasteiger partial charge in [-0.2, -0.15) is 0 Å². The van der Waals surface area contributed by atoms with E-state index in [0.717, 1.165) is 18.1 Å². The lowest BCUT2D eigenvalue weighted by atomic mass is 10.1. The lowest BCUT2D eigenvalue weighted by Gasteiger charge is -2.24. The lowest BCUT2D eigenvalue weighted by Crippen LogP contribution is -2.41. The van der Waals surface area contributed by atoms with Crippen molar-refractivity contribution in [1.82, 2.24) is 10.6 Å². The molecule has 1 atom stereocenters. The Bertz CT molecular complexity index is 533. The topological polar surface area (TPSA) is 83.0 Å². The number of nitrogens with one attached hydrogen (secondary N) is 2. The molecular weight excluding hydrogens is 282 g/mol. The largest absolute Gasteiger partial charge is 0.510 e. The highest BCUT2D eigenvalue weighted by Gasteiger charge is 2.17. The number of carbonyl (C=O) groups excluding carboxylic acids is 1. The molecule has 0 saturated carbocycles. The zero-order valence-corrected chi connectivity index (χ0v) is 13.3. The molecule has 0 aromatic heterocycles. The molecule has 1 unspecified atom stereocenters. The van der Waals surface area contributed by atoms with Crippen LogP contribution in [0.3, 0.4) is 0 Å². The molecule has 0 heterocycles. The molecule has 120 valence electrons. The molecule has 0 fully saturated rings. The van der Waals surface area contributed by atoms with Crippen molar-refractivity contribution < 1.29 is 14.6 Å². The SMILES string of the molecule is CN=C(NC(=CO)OC(C)(C)C)NC(C=O)c1ccccc1. The number of aliphatic hydroxyl groups is 1. The van der Waals surface area contributed by atoms with Crippen LogP contribution in [0.15, 0.2) is 47.5 Å². The van der Waals surface area contributed by atoms with E-state index in [-0.39, 0.29) is 5.88 Å². The van der Waals surface area contributed by atoms with Crippen molar-refractivity contribution >= 4 is 12.2 Å². The van der Waals surface area contributed by atoms with Crippen molar-refractivity contribution in [2.45, 2.75) is 32.4 Å². The number of guanidine groups is 1. The van der Waals surface area contributed by atoms with E-state index < -0.39 is 11.6 Å². The number of carbonyl (C=O) groups is 1. The summed E-state index contributed by atoms with van der Waals surface area (Å²) in [6, 6.07) is 8.71. The minimum Gasteiger partial charge on any atom is -0.510 e. The van der Waals surface area contributed by atoms with E-state index in [2.05, 4.69) is 15.6 Å². The minimum atomic E-state index is -0.554. The maximum Gasteiger partial charge on any atom is 0.229 e. The third-order valence-corrected chi connectivity index (χ3v) is 2.59. The highest BCUT2D eigenvalue weighted by Crippen LogP contribution is 2.12. The van der Waals surface area contributed by atoms with Crippen molar-refractivity contribution in [3.05, 3.63) is 48.0 Å². The van der Waals surface area contributed by atoms with Crippen LogP contribution in [-0.2, 0) is 9.53 Å². The van der Waals surface area contributed by atoms with Gasteiger partial charge in [0.2, 0.25) is 5.88 Å². The Balaban J connectivity index is 2.78. The summed E-state index contributed by atoms with van der Waals surface area (Å²) < 4.78 is 5.53. The monoisotopic (exact) mass is 305 g/mol. The van der Waals surface area contributed by atoms with Gasteiger partial charge in [-0.25, -0.2) is 0 Å². The van der Waals surface area contributed by atoms with Crippen LogP contribution in [0.4, 0.5) is 0 Å². The summed E-state index contributed by atoms with van der Waals surface area (Å²) in [5, 5.41) is 15.0. The fraction of sp³-hybridized carbons (Fsp3) is 0.375. The second-order valence-electron chi connectivity index (χ2n) is 5.57. The first kappa shape index (κ1) is 17.6. The Labute approximate surface area is 130 Å². The van der Waals surface area contributed by atoms with E-state index in [4.69, 9.17) is 4.74 Å². The van der Waals surface area contributed by atoms with Crippen molar-refractivity contribution in [3.63, 3.8) is 0 Å². The summed E-state index contributed by atoms with van der Waals surface area (Å²) in [4.78, 5) is 15.3. The molecule has 0 saturated heterocycles. The summed E-state index contributed by atoms with van der Waals surface area (Å²) in [5.41, 5.74) is 0.330. The summed E-state index contributed by atoms with van der Waals surface area (Å²) in [6.07, 6.45) is 1.60. The maximum atomic E-state index is 11.3. The molecule has 0 aliphatic rings. The van der Waals surface area contributed by atoms with Crippen LogP contribution in [0.5, 0.6) is 0 Å². The molecule has 0 radical (unpaired) electrons. The van der Waals surface area contributed by atoms with Crippen LogP contribution in [-0.4, -0.2) is 30.0 Å². The Kier molecular flexibility index (Phi) is 6.44. The zero-order chi connectivity index (χ0) is 16.6. The summed E-state index contributed by atoms with van der Waals surface area (Å²) in [7, 11) is 1.56. The molecule has 22 heavy (non-hydrogen) atoms. The van der Waals surface area contributed by atoms with Gasteiger partial charge in [-0.3, -0.25) is 10.3 Å². The Morgan fingerprint density at radius 3 is 2.41 bits per heavy atom. The number of rotatable bonds is 5. The zero-order valence-electron chi connectivity index (χ0n) is 13.3. The van der Waals surface area contributed by atoms with Crippen LogP contribution >= 0.6 is 0 Å². The molecule has 1 rings (SSSR count). The van der Waals surface area contributed by atoms with E-state index in [9.17, 15) is 9.90 Å². The molecule has 6 heteroatoms. The number of nitrogens with zero attached hydrogens (tertiary/aromatic N) is 1. The normalized spacial score (nSPS) is 14.2. The molecule has 0 aliphatic carbocycles. The molecule has 0 amide bonds. The van der Waals surface area contributed by atoms with Crippen LogP contribution in [0.1, 0.15) is 32.4 Å². The molecule has 0 bridgehead atoms. The van der Waals surface area contributed by atoms with Crippen molar-refractivity contribution in [2.24, 2.45) is 4.99 Å². The molecule has 0 aliphatic heterocycles. The minimum absolute atomic E-state index is 0.137. The fourth-order valence-electron chi connectivity index (χ4n) is 1.69. The average molecular weight is 305 g/mol. The first-order valence-corrected chi connectivity index (χ1v) is 6.93. The summed E-state index contributed by atoms with van der Waals surface area (Å²) >= 11 is 0. The van der Waals surface area contributed by atoms with Gasteiger partial charge in [0.25, 0.3) is 0 Å². The van der Waals surface area contributed by atoms with Crippen LogP contribution in [0.25, 0.3) is 0 Å². The second kappa shape index (κ2) is 8.07. The van der Waals surface area contributed by atoms with Gasteiger partial charge in [0, 0.05) is 7.05 Å². The van der Waals surface area contributed by atoms with Gasteiger partial charge >= 0.3 is 0 Å². The van der Waals surface area contributed by atoms with Gasteiger partial charge < -0.3 is 20.0 Å².